The van der Waals surface area contributed by atoms with Crippen molar-refractivity contribution in [2.45, 2.75) is 19.4 Å². The van der Waals surface area contributed by atoms with E-state index < -0.39 is 0 Å². The average Bonchev–Trinajstić information content (AvgIpc) is 2.87. The Morgan fingerprint density at radius 3 is 3.12 bits per heavy atom. The normalized spacial score (nSPS) is 23.9. The Kier molecular flexibility index (Phi) is 4.09. The minimum absolute atomic E-state index is 0.0121. The molecule has 3 N–H and O–H groups in total. The van der Waals surface area contributed by atoms with Crippen LogP contribution in [0.4, 0.5) is 0 Å². The van der Waals surface area contributed by atoms with E-state index in [0.29, 0.717) is 19.8 Å². The number of aryl methyl sites for hydroxylation is 1. The van der Waals surface area contributed by atoms with E-state index >= 15 is 0 Å². The summed E-state index contributed by atoms with van der Waals surface area (Å²) in [7, 11) is 0. The van der Waals surface area contributed by atoms with E-state index in [9.17, 15) is 4.79 Å². The van der Waals surface area contributed by atoms with E-state index in [-0.39, 0.29) is 17.9 Å². The highest BCUT2D eigenvalue weighted by atomic mass is 32.1. The second-order valence-corrected chi connectivity index (χ2v) is 5.27. The van der Waals surface area contributed by atoms with Gasteiger partial charge in [0.2, 0.25) is 5.91 Å². The number of nitrogens with one attached hydrogen (secondary N) is 1. The van der Waals surface area contributed by atoms with Gasteiger partial charge in [-0.25, -0.2) is 4.98 Å². The molecule has 2 atom stereocenters. The molecule has 0 aliphatic carbocycles. The molecule has 0 spiro atoms. The zero-order valence-corrected chi connectivity index (χ0v) is 10.6. The predicted molar refractivity (Wildman–Crippen MR) is 65.8 cm³/mol. The summed E-state index contributed by atoms with van der Waals surface area (Å²) in [5, 5.41) is 5.95. The maximum atomic E-state index is 11.8. The first kappa shape index (κ1) is 12.5. The molecule has 1 fully saturated rings. The molecule has 1 amide bonds. The lowest BCUT2D eigenvalue weighted by Gasteiger charge is -2.12. The Morgan fingerprint density at radius 2 is 2.53 bits per heavy atom. The number of aromatic nitrogens is 1. The Hall–Kier alpha value is -0.980. The van der Waals surface area contributed by atoms with Gasteiger partial charge >= 0.3 is 0 Å². The molecule has 2 heterocycles. The molecule has 0 aromatic carbocycles. The fourth-order valence-electron chi connectivity index (χ4n) is 1.81. The van der Waals surface area contributed by atoms with Gasteiger partial charge < -0.3 is 15.8 Å². The first-order valence-electron chi connectivity index (χ1n) is 5.69. The first-order valence-corrected chi connectivity index (χ1v) is 6.57. The summed E-state index contributed by atoms with van der Waals surface area (Å²) in [4.78, 5) is 16.1. The van der Waals surface area contributed by atoms with Crippen LogP contribution >= 0.6 is 11.3 Å². The maximum Gasteiger partial charge on any atom is 0.227 e. The van der Waals surface area contributed by atoms with E-state index in [1.165, 1.54) is 0 Å². The lowest BCUT2D eigenvalue weighted by Crippen LogP contribution is -2.41. The molecule has 17 heavy (non-hydrogen) atoms. The van der Waals surface area contributed by atoms with Gasteiger partial charge in [0.05, 0.1) is 29.8 Å². The van der Waals surface area contributed by atoms with Crippen molar-refractivity contribution in [1.29, 1.82) is 0 Å². The molecule has 0 radical (unpaired) electrons. The van der Waals surface area contributed by atoms with Gasteiger partial charge in [0, 0.05) is 24.4 Å². The molecule has 1 aromatic rings. The van der Waals surface area contributed by atoms with Crippen LogP contribution in [0.1, 0.15) is 10.7 Å². The van der Waals surface area contributed by atoms with Crippen LogP contribution in [0.3, 0.4) is 0 Å². The zero-order chi connectivity index (χ0) is 12.3. The van der Waals surface area contributed by atoms with Crippen molar-refractivity contribution in [2.75, 3.05) is 19.8 Å². The molecule has 94 valence electrons. The van der Waals surface area contributed by atoms with Crippen molar-refractivity contribution in [1.82, 2.24) is 10.3 Å². The number of carbonyl (C=O) groups is 1. The Balaban J connectivity index is 1.73. The van der Waals surface area contributed by atoms with E-state index in [1.54, 1.807) is 11.3 Å². The van der Waals surface area contributed by atoms with Crippen LogP contribution in [0.25, 0.3) is 0 Å². The molecule has 2 unspecified atom stereocenters. The minimum Gasteiger partial charge on any atom is -0.379 e. The number of ether oxygens (including phenoxy) is 1. The van der Waals surface area contributed by atoms with E-state index in [2.05, 4.69) is 10.3 Å². The Bertz CT molecular complexity index is 394. The van der Waals surface area contributed by atoms with Crippen molar-refractivity contribution in [3.05, 3.63) is 16.1 Å². The van der Waals surface area contributed by atoms with Crippen LogP contribution in [0.2, 0.25) is 0 Å². The molecule has 5 nitrogen and oxygen atoms in total. The van der Waals surface area contributed by atoms with E-state index in [4.69, 9.17) is 10.5 Å². The van der Waals surface area contributed by atoms with Gasteiger partial charge in [-0.2, -0.15) is 0 Å². The average molecular weight is 255 g/mol. The fraction of sp³-hybridized carbons (Fsp3) is 0.636. The molecule has 2 rings (SSSR count). The standard InChI is InChI=1S/C11H17N3O2S/c1-7-14-8(6-17-7)2-3-13-11(15)9-4-16-5-10(9)12/h6,9-10H,2-5,12H2,1H3,(H,13,15). The quantitative estimate of drug-likeness (QED) is 0.799. The molecule has 1 aliphatic rings. The summed E-state index contributed by atoms with van der Waals surface area (Å²) >= 11 is 1.63. The third-order valence-corrected chi connectivity index (χ3v) is 3.63. The van der Waals surface area contributed by atoms with Crippen molar-refractivity contribution in [3.8, 4) is 0 Å². The third-order valence-electron chi connectivity index (χ3n) is 2.81. The first-order chi connectivity index (χ1) is 8.16. The highest BCUT2D eigenvalue weighted by molar-refractivity contribution is 7.09. The lowest BCUT2D eigenvalue weighted by molar-refractivity contribution is -0.125. The molecule has 1 aromatic heterocycles. The van der Waals surface area contributed by atoms with Gasteiger partial charge in [-0.3, -0.25) is 4.79 Å². The van der Waals surface area contributed by atoms with Gasteiger partial charge in [-0.1, -0.05) is 0 Å². The van der Waals surface area contributed by atoms with Gasteiger partial charge in [0.15, 0.2) is 0 Å². The predicted octanol–water partition coefficient (Wildman–Crippen LogP) is 0.0839. The van der Waals surface area contributed by atoms with Crippen LogP contribution in [0.5, 0.6) is 0 Å². The molecular weight excluding hydrogens is 238 g/mol. The Labute approximate surface area is 104 Å². The Morgan fingerprint density at radius 1 is 1.71 bits per heavy atom. The molecule has 0 bridgehead atoms. The number of hydrogen-bond donors (Lipinski definition) is 2. The van der Waals surface area contributed by atoms with Crippen molar-refractivity contribution >= 4 is 17.2 Å². The van der Waals surface area contributed by atoms with Crippen molar-refractivity contribution < 1.29 is 9.53 Å². The summed E-state index contributed by atoms with van der Waals surface area (Å²) in [6.45, 7) is 3.49. The monoisotopic (exact) mass is 255 g/mol. The second-order valence-electron chi connectivity index (χ2n) is 4.21. The van der Waals surface area contributed by atoms with Gasteiger partial charge in [-0.05, 0) is 6.92 Å². The molecular formula is C11H17N3O2S. The summed E-state index contributed by atoms with van der Waals surface area (Å²) in [5.74, 6) is -0.214. The van der Waals surface area contributed by atoms with Crippen LogP contribution in [-0.4, -0.2) is 36.7 Å². The molecule has 6 heteroatoms. The lowest BCUT2D eigenvalue weighted by atomic mass is 10.0. The van der Waals surface area contributed by atoms with Crippen molar-refractivity contribution in [2.24, 2.45) is 11.7 Å². The van der Waals surface area contributed by atoms with Crippen molar-refractivity contribution in [3.63, 3.8) is 0 Å². The molecule has 1 aliphatic heterocycles. The highest BCUT2D eigenvalue weighted by Crippen LogP contribution is 2.11. The summed E-state index contributed by atoms with van der Waals surface area (Å²) < 4.78 is 5.16. The number of rotatable bonds is 4. The number of nitrogens with zero attached hydrogens (tertiary/aromatic N) is 1. The number of nitrogens with two attached hydrogens (primary N) is 1. The summed E-state index contributed by atoms with van der Waals surface area (Å²) in [6, 6.07) is -0.170. The zero-order valence-electron chi connectivity index (χ0n) is 9.81. The largest absolute Gasteiger partial charge is 0.379 e. The smallest absolute Gasteiger partial charge is 0.227 e. The summed E-state index contributed by atoms with van der Waals surface area (Å²) in [6.07, 6.45) is 0.763. The van der Waals surface area contributed by atoms with E-state index in [1.807, 2.05) is 12.3 Å². The topological polar surface area (TPSA) is 77.2 Å². The van der Waals surface area contributed by atoms with Crippen LogP contribution < -0.4 is 11.1 Å². The molecule has 1 saturated heterocycles. The van der Waals surface area contributed by atoms with Crippen LogP contribution in [0, 0.1) is 12.8 Å². The van der Waals surface area contributed by atoms with E-state index in [0.717, 1.165) is 17.1 Å². The number of amides is 1. The highest BCUT2D eigenvalue weighted by Gasteiger charge is 2.30. The minimum atomic E-state index is -0.202. The number of hydrogen-bond acceptors (Lipinski definition) is 5. The molecule has 0 saturated carbocycles. The third kappa shape index (κ3) is 3.24. The summed E-state index contributed by atoms with van der Waals surface area (Å²) in [5.41, 5.74) is 6.80. The number of thiazole rings is 1. The van der Waals surface area contributed by atoms with Crippen LogP contribution in [0.15, 0.2) is 5.38 Å². The SMILES string of the molecule is Cc1nc(CCNC(=O)C2COCC2N)cs1. The van der Waals surface area contributed by atoms with Gasteiger partial charge in [-0.15, -0.1) is 11.3 Å². The second kappa shape index (κ2) is 5.57. The van der Waals surface area contributed by atoms with Gasteiger partial charge in [0.25, 0.3) is 0 Å². The number of carbonyl (C=O) groups excluding carboxylic acids is 1. The fourth-order valence-corrected chi connectivity index (χ4v) is 2.46. The maximum absolute atomic E-state index is 11.8. The van der Waals surface area contributed by atoms with Crippen LogP contribution in [-0.2, 0) is 16.0 Å². The van der Waals surface area contributed by atoms with Gasteiger partial charge in [0.1, 0.15) is 0 Å².